The van der Waals surface area contributed by atoms with Crippen molar-refractivity contribution in [3.8, 4) is 0 Å². The molecule has 1 aromatic rings. The molecule has 0 aromatic heterocycles. The molecule has 1 saturated carbocycles. The minimum Gasteiger partial charge on any atom is -0.459 e. The van der Waals surface area contributed by atoms with Crippen molar-refractivity contribution in [3.63, 3.8) is 0 Å². The van der Waals surface area contributed by atoms with Crippen molar-refractivity contribution in [2.75, 3.05) is 7.11 Å². The predicted molar refractivity (Wildman–Crippen MR) is 76.9 cm³/mol. The minimum atomic E-state index is -0.254. The van der Waals surface area contributed by atoms with Gasteiger partial charge in [0.2, 0.25) is 0 Å². The summed E-state index contributed by atoms with van der Waals surface area (Å²) in [6.45, 7) is 1.91. The summed E-state index contributed by atoms with van der Waals surface area (Å²) < 4.78 is 10.9. The normalized spacial score (nSPS) is 23.1. The summed E-state index contributed by atoms with van der Waals surface area (Å²) in [4.78, 5) is 13.0. The molecule has 4 heteroatoms. The van der Waals surface area contributed by atoms with E-state index in [0.717, 1.165) is 36.1 Å². The van der Waals surface area contributed by atoms with Gasteiger partial charge >= 0.3 is 5.97 Å². The van der Waals surface area contributed by atoms with E-state index in [1.165, 1.54) is 0 Å². The van der Waals surface area contributed by atoms with Crippen LogP contribution in [0.25, 0.3) is 0 Å². The molecule has 0 spiro atoms. The van der Waals surface area contributed by atoms with Crippen LogP contribution in [-0.4, -0.2) is 25.3 Å². The largest absolute Gasteiger partial charge is 0.459 e. The fraction of sp³-hybridized carbons (Fsp3) is 0.533. The van der Waals surface area contributed by atoms with Gasteiger partial charge in [0.05, 0.1) is 11.7 Å². The lowest BCUT2D eigenvalue weighted by atomic mass is 9.95. The van der Waals surface area contributed by atoms with Crippen LogP contribution in [0.1, 0.15) is 41.6 Å². The van der Waals surface area contributed by atoms with E-state index >= 15 is 0 Å². The van der Waals surface area contributed by atoms with E-state index in [-0.39, 0.29) is 18.2 Å². The maximum Gasteiger partial charge on any atom is 0.338 e. The molecule has 2 rings (SSSR count). The van der Waals surface area contributed by atoms with E-state index < -0.39 is 0 Å². The lowest BCUT2D eigenvalue weighted by Crippen LogP contribution is -2.29. The zero-order valence-corrected chi connectivity index (χ0v) is 12.3. The molecule has 19 heavy (non-hydrogen) atoms. The van der Waals surface area contributed by atoms with Crippen LogP contribution in [0.15, 0.2) is 23.1 Å². The first-order valence-electron chi connectivity index (χ1n) is 6.63. The van der Waals surface area contributed by atoms with Gasteiger partial charge in [0, 0.05) is 18.4 Å². The van der Waals surface area contributed by atoms with Crippen molar-refractivity contribution in [1.29, 1.82) is 0 Å². The number of hydrogen-bond acceptors (Lipinski definition) is 4. The Balaban J connectivity index is 2.02. The summed E-state index contributed by atoms with van der Waals surface area (Å²) in [5.74, 6) is -0.254. The van der Waals surface area contributed by atoms with Gasteiger partial charge in [0.15, 0.2) is 0 Å². The number of benzene rings is 1. The van der Waals surface area contributed by atoms with Gasteiger partial charge in [-0.1, -0.05) is 6.07 Å². The number of aryl methyl sites for hydroxylation is 1. The molecular formula is C15H20O3S. The number of esters is 1. The van der Waals surface area contributed by atoms with Crippen LogP contribution < -0.4 is 0 Å². The minimum absolute atomic E-state index is 0.0332. The highest BCUT2D eigenvalue weighted by Crippen LogP contribution is 2.24. The molecule has 2 unspecified atom stereocenters. The van der Waals surface area contributed by atoms with Gasteiger partial charge in [-0.25, -0.2) is 4.79 Å². The van der Waals surface area contributed by atoms with Crippen molar-refractivity contribution in [2.24, 2.45) is 0 Å². The molecule has 1 aliphatic rings. The van der Waals surface area contributed by atoms with Crippen LogP contribution in [0.3, 0.4) is 0 Å². The monoisotopic (exact) mass is 280 g/mol. The molecule has 0 saturated heterocycles. The molecule has 104 valence electrons. The Bertz CT molecular complexity index is 459. The number of carbonyl (C=O) groups excluding carboxylic acids is 1. The third-order valence-corrected chi connectivity index (χ3v) is 3.90. The van der Waals surface area contributed by atoms with E-state index in [0.29, 0.717) is 5.56 Å². The molecule has 0 radical (unpaired) electrons. The number of thiol groups is 1. The van der Waals surface area contributed by atoms with Crippen LogP contribution >= 0.6 is 12.6 Å². The fourth-order valence-corrected chi connectivity index (χ4v) is 2.67. The zero-order valence-electron chi connectivity index (χ0n) is 11.4. The highest BCUT2D eigenvalue weighted by Gasteiger charge is 2.25. The summed E-state index contributed by atoms with van der Waals surface area (Å²) in [7, 11) is 1.71. The van der Waals surface area contributed by atoms with E-state index in [1.54, 1.807) is 13.2 Å². The third kappa shape index (κ3) is 3.74. The van der Waals surface area contributed by atoms with Gasteiger partial charge in [-0.15, -0.1) is 12.6 Å². The first kappa shape index (κ1) is 14.4. The van der Waals surface area contributed by atoms with Crippen LogP contribution in [0.2, 0.25) is 0 Å². The van der Waals surface area contributed by atoms with Gasteiger partial charge in [0.25, 0.3) is 0 Å². The average Bonchev–Trinajstić information content (AvgIpc) is 2.41. The first-order chi connectivity index (χ1) is 9.10. The molecule has 0 aliphatic heterocycles. The Morgan fingerprint density at radius 2 is 2.05 bits per heavy atom. The Hall–Kier alpha value is -1.00. The van der Waals surface area contributed by atoms with Gasteiger partial charge in [-0.3, -0.25) is 0 Å². The summed E-state index contributed by atoms with van der Waals surface area (Å²) >= 11 is 4.26. The maximum atomic E-state index is 12.2. The predicted octanol–water partition coefficient (Wildman–Crippen LogP) is 3.40. The lowest BCUT2D eigenvalue weighted by Gasteiger charge is -2.28. The summed E-state index contributed by atoms with van der Waals surface area (Å²) in [6, 6.07) is 5.52. The van der Waals surface area contributed by atoms with Gasteiger partial charge in [-0.2, -0.15) is 0 Å². The number of carbonyl (C=O) groups is 1. The SMILES string of the molecule is COC1CCCC(OC(=O)c2cc(S)ccc2C)C1. The number of methoxy groups -OCH3 is 1. The maximum absolute atomic E-state index is 12.2. The highest BCUT2D eigenvalue weighted by atomic mass is 32.1. The lowest BCUT2D eigenvalue weighted by molar-refractivity contribution is -0.0149. The van der Waals surface area contributed by atoms with Crippen LogP contribution in [-0.2, 0) is 9.47 Å². The van der Waals surface area contributed by atoms with Crippen molar-refractivity contribution in [2.45, 2.75) is 49.7 Å². The van der Waals surface area contributed by atoms with Gasteiger partial charge in [0.1, 0.15) is 6.10 Å². The quantitative estimate of drug-likeness (QED) is 0.681. The molecule has 0 N–H and O–H groups in total. The van der Waals surface area contributed by atoms with E-state index in [2.05, 4.69) is 12.6 Å². The zero-order chi connectivity index (χ0) is 13.8. The number of ether oxygens (including phenoxy) is 2. The van der Waals surface area contributed by atoms with Gasteiger partial charge in [-0.05, 0) is 43.9 Å². The second kappa shape index (κ2) is 6.44. The molecule has 1 aliphatic carbocycles. The van der Waals surface area contributed by atoms with Crippen molar-refractivity contribution in [1.82, 2.24) is 0 Å². The fourth-order valence-electron chi connectivity index (χ4n) is 2.47. The van der Waals surface area contributed by atoms with E-state index in [4.69, 9.17) is 9.47 Å². The molecule has 2 atom stereocenters. The summed E-state index contributed by atoms with van der Waals surface area (Å²) in [5.41, 5.74) is 1.52. The third-order valence-electron chi connectivity index (χ3n) is 3.63. The van der Waals surface area contributed by atoms with Crippen molar-refractivity contribution >= 4 is 18.6 Å². The van der Waals surface area contributed by atoms with Gasteiger partial charge < -0.3 is 9.47 Å². The van der Waals surface area contributed by atoms with E-state index in [9.17, 15) is 4.79 Å². The Morgan fingerprint density at radius 3 is 2.79 bits per heavy atom. The molecule has 0 amide bonds. The Kier molecular flexibility index (Phi) is 4.88. The van der Waals surface area contributed by atoms with Crippen LogP contribution in [0.5, 0.6) is 0 Å². The second-order valence-corrected chi connectivity index (χ2v) is 5.57. The topological polar surface area (TPSA) is 35.5 Å². The second-order valence-electron chi connectivity index (χ2n) is 5.05. The Morgan fingerprint density at radius 1 is 1.32 bits per heavy atom. The van der Waals surface area contributed by atoms with Crippen LogP contribution in [0, 0.1) is 6.92 Å². The molecular weight excluding hydrogens is 260 g/mol. The Labute approximate surface area is 119 Å². The van der Waals surface area contributed by atoms with Crippen LogP contribution in [0.4, 0.5) is 0 Å². The number of hydrogen-bond donors (Lipinski definition) is 1. The summed E-state index contributed by atoms with van der Waals surface area (Å²) in [5, 5.41) is 0. The van der Waals surface area contributed by atoms with Crippen molar-refractivity contribution < 1.29 is 14.3 Å². The first-order valence-corrected chi connectivity index (χ1v) is 7.08. The van der Waals surface area contributed by atoms with Crippen molar-refractivity contribution in [3.05, 3.63) is 29.3 Å². The average molecular weight is 280 g/mol. The highest BCUT2D eigenvalue weighted by molar-refractivity contribution is 7.80. The molecule has 1 aromatic carbocycles. The van der Waals surface area contributed by atoms with E-state index in [1.807, 2.05) is 19.1 Å². The molecule has 0 bridgehead atoms. The standard InChI is InChI=1S/C15H20O3S/c1-10-6-7-13(19)9-14(10)15(16)18-12-5-3-4-11(8-12)17-2/h6-7,9,11-12,19H,3-5,8H2,1-2H3. The molecule has 0 heterocycles. The number of rotatable bonds is 3. The molecule has 3 nitrogen and oxygen atoms in total. The summed E-state index contributed by atoms with van der Waals surface area (Å²) in [6.07, 6.45) is 3.99. The smallest absolute Gasteiger partial charge is 0.338 e. The molecule has 1 fully saturated rings.